The molecule has 5 nitrogen and oxygen atoms in total. The topological polar surface area (TPSA) is 58.6 Å². The van der Waals surface area contributed by atoms with Gasteiger partial charge in [0.25, 0.3) is 0 Å². The van der Waals surface area contributed by atoms with E-state index in [1.54, 1.807) is 0 Å². The number of nitrogens with one attached hydrogen (secondary N) is 1. The van der Waals surface area contributed by atoms with Crippen LogP contribution in [0.15, 0.2) is 54.6 Å². The van der Waals surface area contributed by atoms with E-state index < -0.39 is 0 Å². The fourth-order valence-corrected chi connectivity index (χ4v) is 4.06. The smallest absolute Gasteiger partial charge is 0.220 e. The van der Waals surface area contributed by atoms with E-state index in [0.717, 1.165) is 43.6 Å². The average molecular weight is 423 g/mol. The van der Waals surface area contributed by atoms with Crippen molar-refractivity contribution in [2.75, 3.05) is 13.1 Å². The molecule has 1 amide bonds. The zero-order valence-electron chi connectivity index (χ0n) is 18.7. The molecule has 2 atom stereocenters. The number of ketones is 1. The summed E-state index contributed by atoms with van der Waals surface area (Å²) in [5.41, 5.74) is 3.12. The molecule has 166 valence electrons. The van der Waals surface area contributed by atoms with Gasteiger partial charge in [-0.25, -0.2) is 0 Å². The number of Topliss-reactive ketones (excluding diaryl/α,β-unsaturated/α-hetero) is 1. The molecular formula is C26H34N2O3. The van der Waals surface area contributed by atoms with E-state index in [9.17, 15) is 9.59 Å². The second-order valence-corrected chi connectivity index (χ2v) is 8.54. The summed E-state index contributed by atoms with van der Waals surface area (Å²) >= 11 is 0. The lowest BCUT2D eigenvalue weighted by molar-refractivity contribution is -0.121. The van der Waals surface area contributed by atoms with Gasteiger partial charge in [-0.3, -0.25) is 14.5 Å². The predicted octanol–water partition coefficient (Wildman–Crippen LogP) is 4.36. The second-order valence-electron chi connectivity index (χ2n) is 8.54. The van der Waals surface area contributed by atoms with Crippen molar-refractivity contribution in [1.29, 1.82) is 0 Å². The number of rotatable bonds is 10. The van der Waals surface area contributed by atoms with E-state index in [-0.39, 0.29) is 23.9 Å². The summed E-state index contributed by atoms with van der Waals surface area (Å²) in [5.74, 6) is 0.176. The third-order valence-corrected chi connectivity index (χ3v) is 5.57. The number of hydrogen-bond donors (Lipinski definition) is 1. The van der Waals surface area contributed by atoms with Crippen LogP contribution in [0.2, 0.25) is 0 Å². The van der Waals surface area contributed by atoms with Gasteiger partial charge in [0.15, 0.2) is 5.78 Å². The molecule has 1 fully saturated rings. The second kappa shape index (κ2) is 11.8. The van der Waals surface area contributed by atoms with Crippen molar-refractivity contribution in [2.24, 2.45) is 0 Å². The number of unbranched alkanes of at least 4 members (excludes halogenated alkanes) is 1. The highest BCUT2D eigenvalue weighted by Crippen LogP contribution is 2.15. The third kappa shape index (κ3) is 7.93. The molecule has 3 rings (SSSR count). The predicted molar refractivity (Wildman–Crippen MR) is 123 cm³/mol. The Morgan fingerprint density at radius 1 is 0.903 bits per heavy atom. The lowest BCUT2D eigenvalue weighted by Crippen LogP contribution is -2.44. The van der Waals surface area contributed by atoms with Gasteiger partial charge in [-0.05, 0) is 37.8 Å². The van der Waals surface area contributed by atoms with Crippen LogP contribution in [-0.4, -0.2) is 41.9 Å². The molecule has 1 aliphatic rings. The van der Waals surface area contributed by atoms with Gasteiger partial charge >= 0.3 is 0 Å². The summed E-state index contributed by atoms with van der Waals surface area (Å²) < 4.78 is 5.80. The maximum Gasteiger partial charge on any atom is 0.220 e. The lowest BCUT2D eigenvalue weighted by atomic mass is 10.0. The van der Waals surface area contributed by atoms with Crippen LogP contribution in [-0.2, 0) is 22.6 Å². The van der Waals surface area contributed by atoms with E-state index in [1.165, 1.54) is 5.56 Å². The Labute approximate surface area is 185 Å². The van der Waals surface area contributed by atoms with E-state index in [1.807, 2.05) is 30.3 Å². The molecule has 0 bridgehead atoms. The minimum absolute atomic E-state index is 0.0347. The number of amides is 1. The highest BCUT2D eigenvalue weighted by Gasteiger charge is 2.21. The zero-order chi connectivity index (χ0) is 22.1. The molecule has 31 heavy (non-hydrogen) atoms. The number of ether oxygens (including phenoxy) is 1. The Morgan fingerprint density at radius 3 is 2.19 bits per heavy atom. The van der Waals surface area contributed by atoms with Gasteiger partial charge < -0.3 is 10.1 Å². The number of nitrogens with zero attached hydrogens (tertiary/aromatic N) is 1. The van der Waals surface area contributed by atoms with Crippen molar-refractivity contribution in [3.63, 3.8) is 0 Å². The summed E-state index contributed by atoms with van der Waals surface area (Å²) in [4.78, 5) is 26.6. The van der Waals surface area contributed by atoms with Gasteiger partial charge in [0, 0.05) is 44.6 Å². The average Bonchev–Trinajstić information content (AvgIpc) is 2.76. The monoisotopic (exact) mass is 422 g/mol. The number of hydrogen-bond acceptors (Lipinski definition) is 4. The molecule has 1 saturated heterocycles. The lowest BCUT2D eigenvalue weighted by Gasteiger charge is -2.35. The Kier molecular flexibility index (Phi) is 8.80. The molecular weight excluding hydrogens is 388 g/mol. The normalized spacial score (nSPS) is 19.2. The van der Waals surface area contributed by atoms with Crippen LogP contribution >= 0.6 is 0 Å². The molecule has 1 heterocycles. The first-order valence-electron chi connectivity index (χ1n) is 11.3. The van der Waals surface area contributed by atoms with Crippen LogP contribution in [0, 0.1) is 0 Å². The van der Waals surface area contributed by atoms with Crippen molar-refractivity contribution in [1.82, 2.24) is 10.2 Å². The molecule has 0 radical (unpaired) electrons. The zero-order valence-corrected chi connectivity index (χ0v) is 18.7. The maximum atomic E-state index is 12.1. The minimum Gasteiger partial charge on any atom is -0.373 e. The summed E-state index contributed by atoms with van der Waals surface area (Å²) in [6, 6.07) is 17.8. The molecule has 0 saturated carbocycles. The summed E-state index contributed by atoms with van der Waals surface area (Å²) in [5, 5.41) is 2.98. The largest absolute Gasteiger partial charge is 0.373 e. The van der Waals surface area contributed by atoms with Crippen LogP contribution in [0.1, 0.15) is 61.0 Å². The maximum absolute atomic E-state index is 12.1. The first-order valence-corrected chi connectivity index (χ1v) is 11.3. The first-order chi connectivity index (χ1) is 15.0. The molecule has 2 aromatic rings. The first kappa shape index (κ1) is 23.2. The highest BCUT2D eigenvalue weighted by atomic mass is 16.5. The summed E-state index contributed by atoms with van der Waals surface area (Å²) in [6.07, 6.45) is 2.94. The van der Waals surface area contributed by atoms with Crippen LogP contribution in [0.5, 0.6) is 0 Å². The van der Waals surface area contributed by atoms with Crippen LogP contribution in [0.25, 0.3) is 0 Å². The Hall–Kier alpha value is -2.50. The number of carbonyl (C=O) groups is 2. The van der Waals surface area contributed by atoms with E-state index in [4.69, 9.17) is 4.74 Å². The summed E-state index contributed by atoms with van der Waals surface area (Å²) in [7, 11) is 0. The van der Waals surface area contributed by atoms with Crippen LogP contribution in [0.3, 0.4) is 0 Å². The van der Waals surface area contributed by atoms with E-state index in [0.29, 0.717) is 19.4 Å². The van der Waals surface area contributed by atoms with Crippen molar-refractivity contribution in [3.8, 4) is 0 Å². The van der Waals surface area contributed by atoms with Gasteiger partial charge in [0.1, 0.15) is 0 Å². The Bertz CT molecular complexity index is 825. The summed E-state index contributed by atoms with van der Waals surface area (Å²) in [6.45, 7) is 7.61. The Balaban J connectivity index is 1.32. The number of benzene rings is 2. The quantitative estimate of drug-likeness (QED) is 0.457. The molecule has 0 unspecified atom stereocenters. The number of morpholine rings is 1. The SMILES string of the molecule is C[C@@H]1CN(Cc2ccc(CNC(=O)CCCCC(=O)c3ccccc3)cc2)C[C@H](C)O1. The fraction of sp³-hybridized carbons (Fsp3) is 0.462. The molecule has 1 N–H and O–H groups in total. The number of carbonyl (C=O) groups excluding carboxylic acids is 2. The molecule has 0 spiro atoms. The van der Waals surface area contributed by atoms with Gasteiger partial charge in [-0.2, -0.15) is 0 Å². The standard InChI is InChI=1S/C26H34N2O3/c1-20-17-28(18-21(2)31-20)19-23-14-12-22(13-15-23)16-27-26(30)11-7-6-10-25(29)24-8-4-3-5-9-24/h3-5,8-9,12-15,20-21H,6-7,10-11,16-19H2,1-2H3,(H,27,30)/t20-,21+. The molecule has 5 heteroatoms. The van der Waals surface area contributed by atoms with Crippen molar-refractivity contribution < 1.29 is 14.3 Å². The molecule has 0 aromatic heterocycles. The van der Waals surface area contributed by atoms with Crippen LogP contribution < -0.4 is 5.32 Å². The van der Waals surface area contributed by atoms with Crippen molar-refractivity contribution in [3.05, 3.63) is 71.3 Å². The van der Waals surface area contributed by atoms with Gasteiger partial charge in [-0.15, -0.1) is 0 Å². The van der Waals surface area contributed by atoms with Gasteiger partial charge in [0.2, 0.25) is 5.91 Å². The Morgan fingerprint density at radius 2 is 1.52 bits per heavy atom. The molecule has 2 aromatic carbocycles. The highest BCUT2D eigenvalue weighted by molar-refractivity contribution is 5.95. The van der Waals surface area contributed by atoms with Crippen molar-refractivity contribution in [2.45, 2.75) is 64.8 Å². The van der Waals surface area contributed by atoms with E-state index in [2.05, 4.69) is 48.3 Å². The molecule has 1 aliphatic heterocycles. The van der Waals surface area contributed by atoms with Gasteiger partial charge in [-0.1, -0.05) is 54.6 Å². The van der Waals surface area contributed by atoms with Gasteiger partial charge in [0.05, 0.1) is 12.2 Å². The van der Waals surface area contributed by atoms with E-state index >= 15 is 0 Å². The van der Waals surface area contributed by atoms with Crippen molar-refractivity contribution >= 4 is 11.7 Å². The fourth-order valence-electron chi connectivity index (χ4n) is 4.06. The minimum atomic E-state index is 0.0347. The molecule has 0 aliphatic carbocycles. The van der Waals surface area contributed by atoms with Crippen LogP contribution in [0.4, 0.5) is 0 Å². The third-order valence-electron chi connectivity index (χ3n) is 5.57.